The van der Waals surface area contributed by atoms with Crippen molar-refractivity contribution in [2.24, 2.45) is 0 Å². The zero-order valence-corrected chi connectivity index (χ0v) is 11.2. The lowest BCUT2D eigenvalue weighted by Gasteiger charge is -2.15. The first kappa shape index (κ1) is 13.2. The van der Waals surface area contributed by atoms with E-state index < -0.39 is 16.5 Å². The Bertz CT molecular complexity index is 577. The van der Waals surface area contributed by atoms with Crippen LogP contribution in [0.25, 0.3) is 0 Å². The van der Waals surface area contributed by atoms with Gasteiger partial charge in [0.1, 0.15) is 6.23 Å². The molecule has 2 rings (SSSR count). The van der Waals surface area contributed by atoms with E-state index in [0.717, 1.165) is 6.42 Å². The number of ether oxygens (including phenoxy) is 1. The van der Waals surface area contributed by atoms with Crippen LogP contribution in [0, 0.1) is 6.92 Å². The number of nitrogens with one attached hydrogen (secondary N) is 1. The molecule has 3 atom stereocenters. The molecule has 0 saturated carbocycles. The van der Waals surface area contributed by atoms with E-state index in [0.29, 0.717) is 17.7 Å². The van der Waals surface area contributed by atoms with Gasteiger partial charge in [0, 0.05) is 34.6 Å². The van der Waals surface area contributed by atoms with Gasteiger partial charge in [0.25, 0.3) is 5.56 Å². The first-order valence-corrected chi connectivity index (χ1v) is 7.47. The minimum absolute atomic E-state index is 0.0834. The molecule has 2 heterocycles. The van der Waals surface area contributed by atoms with Crippen LogP contribution in [0.1, 0.15) is 24.6 Å². The molecule has 0 aromatic carbocycles. The Morgan fingerprint density at radius 1 is 1.50 bits per heavy atom. The third-order valence-electron chi connectivity index (χ3n) is 2.96. The lowest BCUT2D eigenvalue weighted by molar-refractivity contribution is 0.00960. The first-order chi connectivity index (χ1) is 8.47. The molecular formula is C11H16N2O4S. The van der Waals surface area contributed by atoms with E-state index in [2.05, 4.69) is 4.98 Å². The fraction of sp³-hybridized carbons (Fsp3) is 0.636. The van der Waals surface area contributed by atoms with Crippen LogP contribution in [0.15, 0.2) is 15.8 Å². The standard InChI is InChI=1S/C11H16N2O4S/c1-7-5-13(11(15)12-10(7)14)9-4-3-8(17-9)6-18(2)16/h5,8-9H,3-4,6H2,1-2H3,(H,12,14,15)/t8-,9+,18?/m0/s1. The SMILES string of the molecule is Cc1cn([C@H]2CC[C@@H](CS(C)=O)O2)c(=O)[nH]c1=O. The monoisotopic (exact) mass is 272 g/mol. The van der Waals surface area contributed by atoms with Gasteiger partial charge in [-0.15, -0.1) is 0 Å². The molecule has 0 aliphatic carbocycles. The maximum Gasteiger partial charge on any atom is 0.330 e. The van der Waals surface area contributed by atoms with Gasteiger partial charge >= 0.3 is 5.69 Å². The molecule has 0 spiro atoms. The lowest BCUT2D eigenvalue weighted by Crippen LogP contribution is -2.33. The van der Waals surface area contributed by atoms with E-state index in [1.54, 1.807) is 13.2 Å². The normalized spacial score (nSPS) is 25.2. The van der Waals surface area contributed by atoms with Crippen molar-refractivity contribution in [1.29, 1.82) is 0 Å². The number of nitrogens with zero attached hydrogens (tertiary/aromatic N) is 1. The Kier molecular flexibility index (Phi) is 3.82. The summed E-state index contributed by atoms with van der Waals surface area (Å²) in [5.41, 5.74) is -0.366. The average Bonchev–Trinajstić information content (AvgIpc) is 2.70. The number of aryl methyl sites for hydroxylation is 1. The van der Waals surface area contributed by atoms with E-state index >= 15 is 0 Å². The predicted molar refractivity (Wildman–Crippen MR) is 68.1 cm³/mol. The molecule has 100 valence electrons. The fourth-order valence-electron chi connectivity index (χ4n) is 2.08. The van der Waals surface area contributed by atoms with E-state index in [9.17, 15) is 13.8 Å². The van der Waals surface area contributed by atoms with Gasteiger partial charge < -0.3 is 4.74 Å². The molecule has 1 fully saturated rings. The molecule has 1 aromatic rings. The molecule has 0 bridgehead atoms. The number of aromatic nitrogens is 2. The Balaban J connectivity index is 2.19. The van der Waals surface area contributed by atoms with Gasteiger partial charge in [-0.2, -0.15) is 0 Å². The minimum Gasteiger partial charge on any atom is -0.354 e. The van der Waals surface area contributed by atoms with Crippen LogP contribution < -0.4 is 11.2 Å². The summed E-state index contributed by atoms with van der Waals surface area (Å²) in [7, 11) is -0.910. The number of H-pyrrole nitrogens is 1. The molecule has 1 aliphatic heterocycles. The highest BCUT2D eigenvalue weighted by Crippen LogP contribution is 2.27. The van der Waals surface area contributed by atoms with Gasteiger partial charge in [-0.1, -0.05) is 0 Å². The van der Waals surface area contributed by atoms with Crippen molar-refractivity contribution < 1.29 is 8.95 Å². The van der Waals surface area contributed by atoms with Gasteiger partial charge in [0.05, 0.1) is 6.10 Å². The fourth-order valence-corrected chi connectivity index (χ4v) is 2.84. The number of aromatic amines is 1. The molecule has 6 nitrogen and oxygen atoms in total. The van der Waals surface area contributed by atoms with Gasteiger partial charge in [-0.05, 0) is 19.8 Å². The Morgan fingerprint density at radius 3 is 2.89 bits per heavy atom. The molecule has 1 N–H and O–H groups in total. The second-order valence-corrected chi connectivity index (χ2v) is 5.99. The number of hydrogen-bond donors (Lipinski definition) is 1. The lowest BCUT2D eigenvalue weighted by atomic mass is 10.2. The van der Waals surface area contributed by atoms with Crippen LogP contribution in [0.4, 0.5) is 0 Å². The van der Waals surface area contributed by atoms with E-state index in [4.69, 9.17) is 4.74 Å². The summed E-state index contributed by atoms with van der Waals surface area (Å²) in [6, 6.07) is 0. The summed E-state index contributed by atoms with van der Waals surface area (Å²) in [4.78, 5) is 25.2. The summed E-state index contributed by atoms with van der Waals surface area (Å²) in [6.07, 6.45) is 4.15. The molecule has 1 aromatic heterocycles. The molecule has 7 heteroatoms. The highest BCUT2D eigenvalue weighted by molar-refractivity contribution is 7.84. The van der Waals surface area contributed by atoms with Crippen molar-refractivity contribution in [1.82, 2.24) is 9.55 Å². The number of hydrogen-bond acceptors (Lipinski definition) is 4. The molecule has 1 unspecified atom stereocenters. The maximum atomic E-state index is 11.7. The third kappa shape index (κ3) is 2.78. The van der Waals surface area contributed by atoms with Gasteiger partial charge in [-0.3, -0.25) is 18.6 Å². The van der Waals surface area contributed by atoms with Gasteiger partial charge in [0.2, 0.25) is 0 Å². The summed E-state index contributed by atoms with van der Waals surface area (Å²) in [6.45, 7) is 1.64. The highest BCUT2D eigenvalue weighted by Gasteiger charge is 2.28. The van der Waals surface area contributed by atoms with Crippen molar-refractivity contribution in [2.75, 3.05) is 12.0 Å². The van der Waals surface area contributed by atoms with Crippen LogP contribution in [-0.4, -0.2) is 31.9 Å². The quantitative estimate of drug-likeness (QED) is 0.833. The summed E-state index contributed by atoms with van der Waals surface area (Å²) in [5.74, 6) is 0.480. The topological polar surface area (TPSA) is 81.2 Å². The van der Waals surface area contributed by atoms with Crippen LogP contribution in [-0.2, 0) is 15.5 Å². The third-order valence-corrected chi connectivity index (χ3v) is 3.80. The van der Waals surface area contributed by atoms with Crippen molar-refractivity contribution in [3.63, 3.8) is 0 Å². The zero-order valence-electron chi connectivity index (χ0n) is 10.3. The summed E-state index contributed by atoms with van der Waals surface area (Å²) in [5, 5.41) is 0. The molecular weight excluding hydrogens is 256 g/mol. The van der Waals surface area contributed by atoms with E-state index in [1.807, 2.05) is 0 Å². The smallest absolute Gasteiger partial charge is 0.330 e. The Labute approximate surface area is 106 Å². The summed E-state index contributed by atoms with van der Waals surface area (Å²) < 4.78 is 18.2. The van der Waals surface area contributed by atoms with Crippen LogP contribution in [0.2, 0.25) is 0 Å². The molecule has 18 heavy (non-hydrogen) atoms. The second-order valence-electron chi connectivity index (χ2n) is 4.51. The molecule has 0 amide bonds. The van der Waals surface area contributed by atoms with Crippen molar-refractivity contribution in [2.45, 2.75) is 32.1 Å². The average molecular weight is 272 g/mol. The Morgan fingerprint density at radius 2 is 2.22 bits per heavy atom. The predicted octanol–water partition coefficient (Wildman–Crippen LogP) is -0.0989. The molecule has 1 aliphatic rings. The van der Waals surface area contributed by atoms with Crippen molar-refractivity contribution in [3.05, 3.63) is 32.6 Å². The second kappa shape index (κ2) is 5.19. The maximum absolute atomic E-state index is 11.7. The summed E-state index contributed by atoms with van der Waals surface area (Å²) >= 11 is 0. The Hall–Kier alpha value is -1.21. The highest BCUT2D eigenvalue weighted by atomic mass is 32.2. The van der Waals surface area contributed by atoms with E-state index in [-0.39, 0.29) is 17.9 Å². The zero-order chi connectivity index (χ0) is 13.3. The van der Waals surface area contributed by atoms with Crippen LogP contribution >= 0.6 is 0 Å². The van der Waals surface area contributed by atoms with Gasteiger partial charge in [0.15, 0.2) is 0 Å². The first-order valence-electron chi connectivity index (χ1n) is 5.75. The number of rotatable bonds is 3. The molecule has 1 saturated heterocycles. The van der Waals surface area contributed by atoms with Gasteiger partial charge in [-0.25, -0.2) is 4.79 Å². The van der Waals surface area contributed by atoms with Crippen LogP contribution in [0.5, 0.6) is 0 Å². The van der Waals surface area contributed by atoms with Crippen molar-refractivity contribution >= 4 is 10.8 Å². The van der Waals surface area contributed by atoms with E-state index in [1.165, 1.54) is 10.8 Å². The van der Waals surface area contributed by atoms with Crippen molar-refractivity contribution in [3.8, 4) is 0 Å². The molecule has 0 radical (unpaired) electrons. The van der Waals surface area contributed by atoms with Crippen LogP contribution in [0.3, 0.4) is 0 Å². The largest absolute Gasteiger partial charge is 0.354 e. The minimum atomic E-state index is -0.910.